The van der Waals surface area contributed by atoms with Crippen LogP contribution in [0.5, 0.6) is 0 Å². The molecule has 4 rings (SSSR count). The van der Waals surface area contributed by atoms with Crippen molar-refractivity contribution in [3.8, 4) is 0 Å². The van der Waals surface area contributed by atoms with E-state index < -0.39 is 0 Å². The number of anilines is 2. The van der Waals surface area contributed by atoms with Crippen LogP contribution in [0.4, 0.5) is 16.2 Å². The minimum absolute atomic E-state index is 0.128. The standard InChI is InChI=1S/C21H24ClN3O/c22-18-9-10-20-17(16-18)6-4-5-11-25(20)21(26)24-14-12-23(13-15-24)19-7-2-1-3-8-19/h1-3,7-10,16H,4-6,11-15H2. The van der Waals surface area contributed by atoms with Crippen molar-refractivity contribution < 1.29 is 4.79 Å². The third-order valence-electron chi connectivity index (χ3n) is 5.31. The van der Waals surface area contributed by atoms with Crippen LogP contribution >= 0.6 is 11.6 Å². The normalized spacial score (nSPS) is 17.7. The molecule has 5 heteroatoms. The van der Waals surface area contributed by atoms with Crippen LogP contribution < -0.4 is 9.80 Å². The monoisotopic (exact) mass is 369 g/mol. The van der Waals surface area contributed by atoms with Crippen molar-refractivity contribution in [2.45, 2.75) is 19.3 Å². The number of aryl methyl sites for hydroxylation is 1. The first-order chi connectivity index (χ1) is 12.7. The number of hydrogen-bond donors (Lipinski definition) is 0. The number of carbonyl (C=O) groups is 1. The second kappa shape index (κ2) is 7.58. The van der Waals surface area contributed by atoms with Gasteiger partial charge in [-0.15, -0.1) is 0 Å². The molecule has 1 saturated heterocycles. The summed E-state index contributed by atoms with van der Waals surface area (Å²) >= 11 is 6.16. The quantitative estimate of drug-likeness (QED) is 0.743. The predicted molar refractivity (Wildman–Crippen MR) is 107 cm³/mol. The van der Waals surface area contributed by atoms with E-state index in [-0.39, 0.29) is 6.03 Å². The summed E-state index contributed by atoms with van der Waals surface area (Å²) in [4.78, 5) is 19.5. The smallest absolute Gasteiger partial charge is 0.324 e. The van der Waals surface area contributed by atoms with Crippen molar-refractivity contribution in [2.75, 3.05) is 42.5 Å². The fraction of sp³-hybridized carbons (Fsp3) is 0.381. The van der Waals surface area contributed by atoms with Crippen LogP contribution in [0.2, 0.25) is 5.02 Å². The lowest BCUT2D eigenvalue weighted by Gasteiger charge is -2.38. The van der Waals surface area contributed by atoms with E-state index >= 15 is 0 Å². The first-order valence-electron chi connectivity index (χ1n) is 9.37. The molecule has 0 unspecified atom stereocenters. The van der Waals surface area contributed by atoms with Crippen molar-refractivity contribution in [1.29, 1.82) is 0 Å². The van der Waals surface area contributed by atoms with Crippen LogP contribution in [0.15, 0.2) is 48.5 Å². The summed E-state index contributed by atoms with van der Waals surface area (Å²) in [7, 11) is 0. The van der Waals surface area contributed by atoms with E-state index in [1.807, 2.05) is 34.1 Å². The maximum atomic E-state index is 13.2. The van der Waals surface area contributed by atoms with Crippen molar-refractivity contribution in [3.05, 3.63) is 59.1 Å². The minimum Gasteiger partial charge on any atom is -0.368 e. The highest BCUT2D eigenvalue weighted by Crippen LogP contribution is 2.30. The Morgan fingerprint density at radius 3 is 2.42 bits per heavy atom. The number of piperazine rings is 1. The Morgan fingerprint density at radius 1 is 0.885 bits per heavy atom. The summed E-state index contributed by atoms with van der Waals surface area (Å²) in [6.45, 7) is 4.04. The molecule has 0 atom stereocenters. The summed E-state index contributed by atoms with van der Waals surface area (Å²) in [5.41, 5.74) is 3.45. The third-order valence-corrected chi connectivity index (χ3v) is 5.55. The van der Waals surface area contributed by atoms with Crippen LogP contribution in [-0.2, 0) is 6.42 Å². The van der Waals surface area contributed by atoms with Crippen LogP contribution in [-0.4, -0.2) is 43.7 Å². The molecule has 0 aromatic heterocycles. The maximum Gasteiger partial charge on any atom is 0.324 e. The summed E-state index contributed by atoms with van der Waals surface area (Å²) < 4.78 is 0. The van der Waals surface area contributed by atoms with Crippen LogP contribution in [0, 0.1) is 0 Å². The second-order valence-electron chi connectivity index (χ2n) is 6.97. The molecule has 2 aromatic rings. The van der Waals surface area contributed by atoms with Gasteiger partial charge in [0.1, 0.15) is 0 Å². The molecule has 2 aliphatic rings. The molecule has 1 fully saturated rings. The molecule has 0 saturated carbocycles. The highest BCUT2D eigenvalue weighted by molar-refractivity contribution is 6.30. The third kappa shape index (κ3) is 3.51. The summed E-state index contributed by atoms with van der Waals surface area (Å²) in [5, 5.41) is 0.745. The lowest BCUT2D eigenvalue weighted by molar-refractivity contribution is 0.201. The molecule has 2 heterocycles. The van der Waals surface area contributed by atoms with Gasteiger partial charge >= 0.3 is 6.03 Å². The van der Waals surface area contributed by atoms with Gasteiger partial charge in [0, 0.05) is 49.1 Å². The van der Waals surface area contributed by atoms with Gasteiger partial charge in [0.05, 0.1) is 0 Å². The van der Waals surface area contributed by atoms with E-state index in [2.05, 4.69) is 29.2 Å². The zero-order valence-corrected chi connectivity index (χ0v) is 15.7. The summed E-state index contributed by atoms with van der Waals surface area (Å²) in [6, 6.07) is 16.4. The number of halogens is 1. The molecule has 0 spiro atoms. The van der Waals surface area contributed by atoms with Crippen molar-refractivity contribution in [3.63, 3.8) is 0 Å². The lowest BCUT2D eigenvalue weighted by Crippen LogP contribution is -2.53. The molecular formula is C21H24ClN3O. The first-order valence-corrected chi connectivity index (χ1v) is 9.75. The van der Waals surface area contributed by atoms with Gasteiger partial charge in [-0.25, -0.2) is 4.79 Å². The molecule has 136 valence electrons. The van der Waals surface area contributed by atoms with E-state index in [0.717, 1.165) is 62.7 Å². The Labute approximate surface area is 160 Å². The minimum atomic E-state index is 0.128. The number of benzene rings is 2. The van der Waals surface area contributed by atoms with E-state index in [1.165, 1.54) is 11.3 Å². The zero-order valence-electron chi connectivity index (χ0n) is 14.9. The molecule has 0 aliphatic carbocycles. The van der Waals surface area contributed by atoms with Gasteiger partial charge in [0.15, 0.2) is 0 Å². The maximum absolute atomic E-state index is 13.2. The number of hydrogen-bond acceptors (Lipinski definition) is 2. The number of urea groups is 1. The Morgan fingerprint density at radius 2 is 1.65 bits per heavy atom. The van der Waals surface area contributed by atoms with E-state index in [9.17, 15) is 4.79 Å². The van der Waals surface area contributed by atoms with Gasteiger partial charge in [-0.2, -0.15) is 0 Å². The number of carbonyl (C=O) groups excluding carboxylic acids is 1. The average Bonchev–Trinajstić information content (AvgIpc) is 2.90. The zero-order chi connectivity index (χ0) is 17.9. The van der Waals surface area contributed by atoms with Gasteiger partial charge in [-0.1, -0.05) is 29.8 Å². The molecule has 26 heavy (non-hydrogen) atoms. The number of rotatable bonds is 1. The Balaban J connectivity index is 1.47. The molecule has 0 bridgehead atoms. The number of fused-ring (bicyclic) bond motifs is 1. The molecule has 2 amide bonds. The van der Waals surface area contributed by atoms with Gasteiger partial charge < -0.3 is 9.80 Å². The largest absolute Gasteiger partial charge is 0.368 e. The molecule has 2 aliphatic heterocycles. The second-order valence-corrected chi connectivity index (χ2v) is 7.41. The Hall–Kier alpha value is -2.20. The first kappa shape index (κ1) is 17.2. The van der Waals surface area contributed by atoms with Crippen LogP contribution in [0.25, 0.3) is 0 Å². The Bertz CT molecular complexity index is 772. The van der Waals surface area contributed by atoms with Crippen molar-refractivity contribution >= 4 is 29.0 Å². The fourth-order valence-electron chi connectivity index (χ4n) is 3.89. The van der Waals surface area contributed by atoms with Gasteiger partial charge in [0.2, 0.25) is 0 Å². The van der Waals surface area contributed by atoms with Gasteiger partial charge in [-0.05, 0) is 55.2 Å². The number of amides is 2. The SMILES string of the molecule is O=C(N1CCN(c2ccccc2)CC1)N1CCCCc2cc(Cl)ccc21. The molecule has 2 aromatic carbocycles. The average molecular weight is 370 g/mol. The van der Waals surface area contributed by atoms with Crippen LogP contribution in [0.1, 0.15) is 18.4 Å². The fourth-order valence-corrected chi connectivity index (χ4v) is 4.08. The van der Waals surface area contributed by atoms with Crippen LogP contribution in [0.3, 0.4) is 0 Å². The molecule has 0 N–H and O–H groups in total. The predicted octanol–water partition coefficient (Wildman–Crippen LogP) is 4.42. The van der Waals surface area contributed by atoms with Crippen molar-refractivity contribution in [2.24, 2.45) is 0 Å². The van der Waals surface area contributed by atoms with E-state index in [4.69, 9.17) is 11.6 Å². The Kier molecular flexibility index (Phi) is 5.02. The summed E-state index contributed by atoms with van der Waals surface area (Å²) in [6.07, 6.45) is 3.11. The molecule has 0 radical (unpaired) electrons. The number of para-hydroxylation sites is 1. The van der Waals surface area contributed by atoms with Crippen molar-refractivity contribution in [1.82, 2.24) is 4.90 Å². The van der Waals surface area contributed by atoms with Gasteiger partial charge in [0.25, 0.3) is 0 Å². The lowest BCUT2D eigenvalue weighted by atomic mass is 10.1. The van der Waals surface area contributed by atoms with Gasteiger partial charge in [-0.3, -0.25) is 4.90 Å². The summed E-state index contributed by atoms with van der Waals surface area (Å²) in [5.74, 6) is 0. The molecule has 4 nitrogen and oxygen atoms in total. The van der Waals surface area contributed by atoms with E-state index in [1.54, 1.807) is 0 Å². The molecular weight excluding hydrogens is 346 g/mol. The van der Waals surface area contributed by atoms with E-state index in [0.29, 0.717) is 0 Å². The highest BCUT2D eigenvalue weighted by Gasteiger charge is 2.28. The highest BCUT2D eigenvalue weighted by atomic mass is 35.5. The topological polar surface area (TPSA) is 26.8 Å². The number of nitrogens with zero attached hydrogens (tertiary/aromatic N) is 3.